The first kappa shape index (κ1) is 24.0. The van der Waals surface area contributed by atoms with E-state index in [9.17, 15) is 24.0 Å². The molecule has 9 nitrogen and oxygen atoms in total. The van der Waals surface area contributed by atoms with Crippen molar-refractivity contribution in [2.24, 2.45) is 0 Å². The molecule has 0 radical (unpaired) electrons. The van der Waals surface area contributed by atoms with Crippen molar-refractivity contribution in [2.75, 3.05) is 13.1 Å². The zero-order valence-electron chi connectivity index (χ0n) is 20.4. The highest BCUT2D eigenvalue weighted by atomic mass is 19.1. The summed E-state index contributed by atoms with van der Waals surface area (Å²) < 4.78 is 21.0. The van der Waals surface area contributed by atoms with Crippen LogP contribution in [0.3, 0.4) is 0 Å². The number of aromatic nitrogens is 1. The largest absolute Gasteiger partial charge is 0.486 e. The summed E-state index contributed by atoms with van der Waals surface area (Å²) in [5.74, 6) is -0.625. The van der Waals surface area contributed by atoms with E-state index in [1.54, 1.807) is 18.2 Å². The van der Waals surface area contributed by atoms with Crippen LogP contribution in [0.1, 0.15) is 40.0 Å². The van der Waals surface area contributed by atoms with Crippen molar-refractivity contribution in [3.8, 4) is 11.8 Å². The zero-order valence-corrected chi connectivity index (χ0v) is 20.4. The van der Waals surface area contributed by atoms with Gasteiger partial charge < -0.3 is 9.64 Å². The lowest BCUT2D eigenvalue weighted by atomic mass is 10.0. The van der Waals surface area contributed by atoms with Gasteiger partial charge in [-0.1, -0.05) is 18.2 Å². The number of fused-ring (bicyclic) bond motifs is 2. The summed E-state index contributed by atoms with van der Waals surface area (Å²) >= 11 is 0. The van der Waals surface area contributed by atoms with Crippen molar-refractivity contribution in [3.63, 3.8) is 0 Å². The predicted molar refractivity (Wildman–Crippen MR) is 134 cm³/mol. The Kier molecular flexibility index (Phi) is 6.00. The van der Waals surface area contributed by atoms with Crippen LogP contribution >= 0.6 is 0 Å². The van der Waals surface area contributed by atoms with Gasteiger partial charge in [0.1, 0.15) is 29.7 Å². The Hall–Kier alpha value is -4.36. The van der Waals surface area contributed by atoms with Crippen LogP contribution in [0.2, 0.25) is 0 Å². The molecule has 1 N–H and O–H groups in total. The second-order valence-corrected chi connectivity index (χ2v) is 9.89. The molecule has 3 aromatic rings. The van der Waals surface area contributed by atoms with Crippen LogP contribution < -0.4 is 10.1 Å². The van der Waals surface area contributed by atoms with Gasteiger partial charge >= 0.3 is 0 Å². The van der Waals surface area contributed by atoms with Crippen LogP contribution in [0.25, 0.3) is 10.9 Å². The van der Waals surface area contributed by atoms with E-state index in [-0.39, 0.29) is 37.7 Å². The molecule has 2 saturated heterocycles. The van der Waals surface area contributed by atoms with E-state index in [1.165, 1.54) is 4.90 Å². The fraction of sp³-hybridized carbons (Fsp3) is 0.321. The number of imide groups is 1. The number of halogens is 1. The molecule has 10 heteroatoms. The molecule has 0 aliphatic carbocycles. The molecule has 0 spiro atoms. The van der Waals surface area contributed by atoms with Gasteiger partial charge in [-0.05, 0) is 42.3 Å². The van der Waals surface area contributed by atoms with Crippen LogP contribution in [-0.2, 0) is 22.7 Å². The predicted octanol–water partition coefficient (Wildman–Crippen LogP) is 2.47. The standard InChI is InChI=1S/C28H24FN5O4/c29-21-14-33(12-18-9-16-3-1-2-4-22(16)31-23(18)11-30)15-25(21)38-19-5-6-20-17(10-19)13-34(28(20)37)24-7-8-26(35)32-27(24)36/h1-6,9-10,21,24-25H,7-8,12-15H2,(H,32,35,36)/t21-,24?,25-/m1/s1. The lowest BCUT2D eigenvalue weighted by Crippen LogP contribution is -2.52. The van der Waals surface area contributed by atoms with Crippen LogP contribution in [-0.4, -0.2) is 63.9 Å². The molecule has 1 aromatic heterocycles. The van der Waals surface area contributed by atoms with E-state index in [4.69, 9.17) is 4.74 Å². The fourth-order valence-electron chi connectivity index (χ4n) is 5.46. The lowest BCUT2D eigenvalue weighted by molar-refractivity contribution is -0.136. The SMILES string of the molecule is N#Cc1nc2ccccc2cc1CN1C[C@@H](F)[C@H](Oc2ccc3c(c2)CN(C2CCC(=O)NC2=O)C3=O)C1. The number of rotatable bonds is 5. The minimum absolute atomic E-state index is 0.162. The number of nitrogens with one attached hydrogen (secondary N) is 1. The smallest absolute Gasteiger partial charge is 0.255 e. The number of pyridine rings is 1. The van der Waals surface area contributed by atoms with Crippen LogP contribution in [0, 0.1) is 11.3 Å². The molecule has 0 saturated carbocycles. The van der Waals surface area contributed by atoms with Gasteiger partial charge in [0.15, 0.2) is 6.17 Å². The van der Waals surface area contributed by atoms with Gasteiger partial charge in [0.25, 0.3) is 5.91 Å². The van der Waals surface area contributed by atoms with Crippen molar-refractivity contribution in [1.29, 1.82) is 5.26 Å². The number of para-hydroxylation sites is 1. The molecular weight excluding hydrogens is 489 g/mol. The third-order valence-corrected chi connectivity index (χ3v) is 7.36. The molecule has 4 heterocycles. The number of carbonyl (C=O) groups excluding carboxylic acids is 3. The van der Waals surface area contributed by atoms with Gasteiger partial charge in [0.05, 0.1) is 5.52 Å². The van der Waals surface area contributed by atoms with Crippen LogP contribution in [0.4, 0.5) is 4.39 Å². The van der Waals surface area contributed by atoms with Crippen molar-refractivity contribution in [2.45, 2.75) is 44.2 Å². The van der Waals surface area contributed by atoms with Gasteiger partial charge in [0.2, 0.25) is 11.8 Å². The van der Waals surface area contributed by atoms with E-state index >= 15 is 0 Å². The zero-order chi connectivity index (χ0) is 26.4. The minimum Gasteiger partial charge on any atom is -0.486 e. The number of piperidine rings is 1. The van der Waals surface area contributed by atoms with Crippen molar-refractivity contribution >= 4 is 28.6 Å². The van der Waals surface area contributed by atoms with Gasteiger partial charge in [-0.2, -0.15) is 5.26 Å². The van der Waals surface area contributed by atoms with Crippen LogP contribution in [0.15, 0.2) is 48.5 Å². The highest BCUT2D eigenvalue weighted by Crippen LogP contribution is 2.31. The molecule has 6 rings (SSSR count). The molecule has 192 valence electrons. The maximum absolute atomic E-state index is 15.0. The molecule has 2 aromatic carbocycles. The number of alkyl halides is 1. The molecule has 1 unspecified atom stereocenters. The Bertz CT molecular complexity index is 1520. The van der Waals surface area contributed by atoms with Gasteiger partial charge in [-0.15, -0.1) is 0 Å². The number of benzene rings is 2. The molecule has 3 atom stereocenters. The minimum atomic E-state index is -1.23. The summed E-state index contributed by atoms with van der Waals surface area (Å²) in [7, 11) is 0. The van der Waals surface area contributed by atoms with Gasteiger partial charge in [-0.25, -0.2) is 9.37 Å². The topological polar surface area (TPSA) is 116 Å². The van der Waals surface area contributed by atoms with Crippen molar-refractivity contribution < 1.29 is 23.5 Å². The van der Waals surface area contributed by atoms with Crippen molar-refractivity contribution in [3.05, 3.63) is 70.9 Å². The second kappa shape index (κ2) is 9.50. The Morgan fingerprint density at radius 3 is 2.79 bits per heavy atom. The summed E-state index contributed by atoms with van der Waals surface area (Å²) in [5, 5.41) is 12.8. The van der Waals surface area contributed by atoms with E-state index in [0.29, 0.717) is 35.7 Å². The van der Waals surface area contributed by atoms with Crippen LogP contribution in [0.5, 0.6) is 5.75 Å². The molecule has 0 bridgehead atoms. The Morgan fingerprint density at radius 1 is 1.13 bits per heavy atom. The average molecular weight is 514 g/mol. The Balaban J connectivity index is 1.13. The Morgan fingerprint density at radius 2 is 1.97 bits per heavy atom. The summed E-state index contributed by atoms with van der Waals surface area (Å²) in [6.07, 6.45) is -1.47. The molecule has 3 amide bonds. The average Bonchev–Trinajstić information content (AvgIpc) is 3.41. The number of ether oxygens (including phenoxy) is 1. The van der Waals surface area contributed by atoms with Gasteiger partial charge in [-0.3, -0.25) is 24.6 Å². The normalized spacial score (nSPS) is 23.4. The van der Waals surface area contributed by atoms with E-state index in [1.807, 2.05) is 35.2 Å². The summed E-state index contributed by atoms with van der Waals surface area (Å²) in [5.41, 5.74) is 2.98. The van der Waals surface area contributed by atoms with E-state index in [2.05, 4.69) is 16.4 Å². The molecule has 3 aliphatic rings. The Labute approximate surface area is 217 Å². The third-order valence-electron chi connectivity index (χ3n) is 7.36. The quantitative estimate of drug-likeness (QED) is 0.521. The summed E-state index contributed by atoms with van der Waals surface area (Å²) in [6, 6.07) is 15.9. The second-order valence-electron chi connectivity index (χ2n) is 9.89. The first-order valence-corrected chi connectivity index (χ1v) is 12.5. The maximum Gasteiger partial charge on any atom is 0.255 e. The molecule has 3 aliphatic heterocycles. The summed E-state index contributed by atoms with van der Waals surface area (Å²) in [4.78, 5) is 44.5. The first-order valence-electron chi connectivity index (χ1n) is 12.5. The highest BCUT2D eigenvalue weighted by Gasteiger charge is 2.40. The number of nitrogens with zero attached hydrogens (tertiary/aromatic N) is 4. The third kappa shape index (κ3) is 4.35. The monoisotopic (exact) mass is 513 g/mol. The maximum atomic E-state index is 15.0. The first-order chi connectivity index (χ1) is 18.4. The number of likely N-dealkylation sites (tertiary alicyclic amines) is 1. The van der Waals surface area contributed by atoms with Crippen molar-refractivity contribution in [1.82, 2.24) is 20.1 Å². The van der Waals surface area contributed by atoms with E-state index < -0.39 is 24.2 Å². The lowest BCUT2D eigenvalue weighted by Gasteiger charge is -2.29. The highest BCUT2D eigenvalue weighted by molar-refractivity contribution is 6.05. The van der Waals surface area contributed by atoms with Gasteiger partial charge in [0, 0.05) is 49.1 Å². The molecular formula is C28H24FN5O4. The number of carbonyl (C=O) groups is 3. The number of amides is 3. The fourth-order valence-corrected chi connectivity index (χ4v) is 5.46. The number of nitriles is 1. The number of hydrogen-bond donors (Lipinski definition) is 1. The molecule has 2 fully saturated rings. The van der Waals surface area contributed by atoms with E-state index in [0.717, 1.165) is 16.5 Å². The molecule has 38 heavy (non-hydrogen) atoms. The summed E-state index contributed by atoms with van der Waals surface area (Å²) in [6.45, 7) is 1.09. The number of hydrogen-bond acceptors (Lipinski definition) is 7.